The van der Waals surface area contributed by atoms with Gasteiger partial charge in [-0.2, -0.15) is 0 Å². The molecule has 0 rings (SSSR count). The van der Waals surface area contributed by atoms with Gasteiger partial charge in [0.1, 0.15) is 18.3 Å². The second-order valence-electron chi connectivity index (χ2n) is 3.93. The number of aliphatic hydroxyl groups excluding tert-OH is 5. The molecule has 0 heterocycles. The molecular formula is C9H22N2O5. The molecule has 0 fully saturated rings. The Morgan fingerprint density at radius 1 is 1.00 bits per heavy atom. The van der Waals surface area contributed by atoms with Gasteiger partial charge < -0.3 is 36.6 Å². The van der Waals surface area contributed by atoms with Gasteiger partial charge in [0.05, 0.1) is 12.7 Å². The van der Waals surface area contributed by atoms with Crippen molar-refractivity contribution in [2.24, 2.45) is 5.73 Å². The highest BCUT2D eigenvalue weighted by Gasteiger charge is 2.29. The highest BCUT2D eigenvalue weighted by molar-refractivity contribution is 4.81. The lowest BCUT2D eigenvalue weighted by molar-refractivity contribution is -0.113. The summed E-state index contributed by atoms with van der Waals surface area (Å²) in [7, 11) is 0. The molecule has 0 aliphatic carbocycles. The third kappa shape index (κ3) is 5.71. The van der Waals surface area contributed by atoms with Crippen molar-refractivity contribution in [1.29, 1.82) is 0 Å². The molecule has 98 valence electrons. The minimum Gasteiger partial charge on any atom is -0.394 e. The summed E-state index contributed by atoms with van der Waals surface area (Å²) >= 11 is 0. The summed E-state index contributed by atoms with van der Waals surface area (Å²) in [6.07, 6.45) is -5.83. The Hall–Kier alpha value is -0.280. The molecule has 0 aromatic heterocycles. The van der Waals surface area contributed by atoms with Crippen molar-refractivity contribution in [1.82, 2.24) is 5.32 Å². The predicted octanol–water partition coefficient (Wildman–Crippen LogP) is -3.64. The zero-order chi connectivity index (χ0) is 12.7. The molecule has 0 aromatic carbocycles. The summed E-state index contributed by atoms with van der Waals surface area (Å²) in [5.74, 6) is 0. The Bertz CT molecular complexity index is 181. The van der Waals surface area contributed by atoms with E-state index >= 15 is 0 Å². The zero-order valence-corrected chi connectivity index (χ0v) is 9.32. The van der Waals surface area contributed by atoms with Crippen LogP contribution in [0.25, 0.3) is 0 Å². The van der Waals surface area contributed by atoms with E-state index in [2.05, 4.69) is 5.32 Å². The molecule has 0 radical (unpaired) electrons. The quantitative estimate of drug-likeness (QED) is 0.231. The molecule has 0 spiro atoms. The van der Waals surface area contributed by atoms with Crippen LogP contribution in [0.3, 0.4) is 0 Å². The van der Waals surface area contributed by atoms with E-state index in [-0.39, 0.29) is 12.6 Å². The normalized spacial score (nSPS) is 21.2. The minimum absolute atomic E-state index is 0.0396. The first kappa shape index (κ1) is 15.7. The van der Waals surface area contributed by atoms with Gasteiger partial charge in [-0.1, -0.05) is 0 Å². The average Bonchev–Trinajstić information content (AvgIpc) is 2.25. The van der Waals surface area contributed by atoms with E-state index in [1.165, 1.54) is 0 Å². The highest BCUT2D eigenvalue weighted by atomic mass is 16.4. The summed E-state index contributed by atoms with van der Waals surface area (Å²) in [4.78, 5) is 0. The summed E-state index contributed by atoms with van der Waals surface area (Å²) < 4.78 is 0. The molecule has 5 atom stereocenters. The van der Waals surface area contributed by atoms with Crippen LogP contribution in [0.5, 0.6) is 0 Å². The summed E-state index contributed by atoms with van der Waals surface area (Å²) in [6.45, 7) is 1.60. The molecule has 0 aliphatic rings. The van der Waals surface area contributed by atoms with Gasteiger partial charge in [-0.05, 0) is 6.92 Å². The molecule has 0 aliphatic heterocycles. The first-order valence-corrected chi connectivity index (χ1v) is 5.19. The van der Waals surface area contributed by atoms with Crippen LogP contribution in [0.4, 0.5) is 0 Å². The van der Waals surface area contributed by atoms with Crippen LogP contribution in [-0.4, -0.2) is 75.7 Å². The van der Waals surface area contributed by atoms with E-state index in [9.17, 15) is 15.3 Å². The molecular weight excluding hydrogens is 216 g/mol. The second-order valence-corrected chi connectivity index (χ2v) is 3.93. The van der Waals surface area contributed by atoms with Gasteiger partial charge in [-0.25, -0.2) is 0 Å². The maximum atomic E-state index is 9.44. The van der Waals surface area contributed by atoms with Crippen molar-refractivity contribution in [3.8, 4) is 0 Å². The number of aliphatic hydroxyl groups is 5. The maximum Gasteiger partial charge on any atom is 0.111 e. The van der Waals surface area contributed by atoms with Gasteiger partial charge in [0, 0.05) is 19.1 Å². The smallest absolute Gasteiger partial charge is 0.111 e. The SMILES string of the molecule is CC(N)CNC[C@H](O)[C@@H](O)[C@H](O)[C@H](O)CO. The Balaban J connectivity index is 3.92. The molecule has 0 aromatic rings. The van der Waals surface area contributed by atoms with Crippen LogP contribution in [0.2, 0.25) is 0 Å². The standard InChI is InChI=1S/C9H22N2O5/c1-5(10)2-11-3-6(13)8(15)9(16)7(14)4-12/h5-9,11-16H,2-4,10H2,1H3/t5?,6-,7+,8+,9+/m0/s1. The molecule has 0 saturated heterocycles. The summed E-state index contributed by atoms with van der Waals surface area (Å²) in [5, 5.41) is 48.5. The summed E-state index contributed by atoms with van der Waals surface area (Å²) in [6, 6.07) is -0.0858. The van der Waals surface area contributed by atoms with Crippen molar-refractivity contribution in [3.05, 3.63) is 0 Å². The Morgan fingerprint density at radius 3 is 1.94 bits per heavy atom. The second kappa shape index (κ2) is 7.91. The maximum absolute atomic E-state index is 9.44. The number of hydrogen-bond acceptors (Lipinski definition) is 7. The van der Waals surface area contributed by atoms with Gasteiger partial charge in [0.2, 0.25) is 0 Å². The van der Waals surface area contributed by atoms with E-state index in [0.717, 1.165) is 0 Å². The largest absolute Gasteiger partial charge is 0.394 e. The fourth-order valence-electron chi connectivity index (χ4n) is 1.14. The number of nitrogens with two attached hydrogens (primary N) is 1. The van der Waals surface area contributed by atoms with Crippen molar-refractivity contribution in [3.63, 3.8) is 0 Å². The topological polar surface area (TPSA) is 139 Å². The molecule has 0 bridgehead atoms. The third-order valence-corrected chi connectivity index (χ3v) is 2.15. The highest BCUT2D eigenvalue weighted by Crippen LogP contribution is 2.04. The van der Waals surface area contributed by atoms with Crippen molar-refractivity contribution in [2.75, 3.05) is 19.7 Å². The summed E-state index contributed by atoms with van der Waals surface area (Å²) in [5.41, 5.74) is 5.46. The van der Waals surface area contributed by atoms with Crippen LogP contribution < -0.4 is 11.1 Å². The molecule has 8 N–H and O–H groups in total. The lowest BCUT2D eigenvalue weighted by Crippen LogP contribution is -2.49. The Kier molecular flexibility index (Phi) is 7.77. The van der Waals surface area contributed by atoms with Gasteiger partial charge >= 0.3 is 0 Å². The van der Waals surface area contributed by atoms with Crippen LogP contribution in [0.15, 0.2) is 0 Å². The van der Waals surface area contributed by atoms with Gasteiger partial charge in [0.15, 0.2) is 0 Å². The van der Waals surface area contributed by atoms with E-state index < -0.39 is 31.0 Å². The van der Waals surface area contributed by atoms with Crippen molar-refractivity contribution in [2.45, 2.75) is 37.4 Å². The lowest BCUT2D eigenvalue weighted by atomic mass is 10.0. The van der Waals surface area contributed by atoms with Gasteiger partial charge in [-0.15, -0.1) is 0 Å². The fourth-order valence-corrected chi connectivity index (χ4v) is 1.14. The lowest BCUT2D eigenvalue weighted by Gasteiger charge is -2.25. The van der Waals surface area contributed by atoms with Crippen LogP contribution in [0.1, 0.15) is 6.92 Å². The molecule has 16 heavy (non-hydrogen) atoms. The van der Waals surface area contributed by atoms with Crippen molar-refractivity contribution >= 4 is 0 Å². The zero-order valence-electron chi connectivity index (χ0n) is 9.32. The Labute approximate surface area is 94.5 Å². The van der Waals surface area contributed by atoms with Crippen LogP contribution in [0, 0.1) is 0 Å². The van der Waals surface area contributed by atoms with Gasteiger partial charge in [-0.3, -0.25) is 0 Å². The first-order chi connectivity index (χ1) is 7.40. The number of hydrogen-bond donors (Lipinski definition) is 7. The van der Waals surface area contributed by atoms with Crippen molar-refractivity contribution < 1.29 is 25.5 Å². The monoisotopic (exact) mass is 238 g/mol. The third-order valence-electron chi connectivity index (χ3n) is 2.15. The van der Waals surface area contributed by atoms with Crippen LogP contribution in [-0.2, 0) is 0 Å². The van der Waals surface area contributed by atoms with Gasteiger partial charge in [0.25, 0.3) is 0 Å². The Morgan fingerprint density at radius 2 is 1.50 bits per heavy atom. The average molecular weight is 238 g/mol. The van der Waals surface area contributed by atoms with Crippen LogP contribution >= 0.6 is 0 Å². The molecule has 1 unspecified atom stereocenters. The van der Waals surface area contributed by atoms with E-state index in [4.69, 9.17) is 15.9 Å². The minimum atomic E-state index is -1.59. The number of nitrogens with one attached hydrogen (secondary N) is 1. The molecule has 0 saturated carbocycles. The fraction of sp³-hybridized carbons (Fsp3) is 1.00. The molecule has 7 heteroatoms. The number of rotatable bonds is 8. The van der Waals surface area contributed by atoms with E-state index in [0.29, 0.717) is 6.54 Å². The predicted molar refractivity (Wildman–Crippen MR) is 57.6 cm³/mol. The molecule has 0 amide bonds. The molecule has 7 nitrogen and oxygen atoms in total. The first-order valence-electron chi connectivity index (χ1n) is 5.19. The van der Waals surface area contributed by atoms with E-state index in [1.54, 1.807) is 6.92 Å². The van der Waals surface area contributed by atoms with E-state index in [1.807, 2.05) is 0 Å².